The van der Waals surface area contributed by atoms with Gasteiger partial charge in [0.15, 0.2) is 0 Å². The minimum Gasteiger partial charge on any atom is -0.332 e. The van der Waals surface area contributed by atoms with Gasteiger partial charge in [0, 0.05) is 11.0 Å². The molecule has 2 N–H and O–H groups in total. The highest BCUT2D eigenvalue weighted by Gasteiger charge is 2.43. The number of carbonyl (C=O) groups excluding carboxylic acids is 1. The van der Waals surface area contributed by atoms with Crippen LogP contribution in [0.15, 0.2) is 0 Å². The summed E-state index contributed by atoms with van der Waals surface area (Å²) in [6.45, 7) is 4.43. The van der Waals surface area contributed by atoms with Crippen LogP contribution >= 0.6 is 11.8 Å². The van der Waals surface area contributed by atoms with Gasteiger partial charge < -0.3 is 10.6 Å². The number of fused-ring (bicyclic) bond motifs is 1. The number of nitrogens with one attached hydrogen (secondary N) is 2. The number of amides is 2. The Labute approximate surface area is 76.7 Å². The lowest BCUT2D eigenvalue weighted by atomic mass is 10.00. The molecule has 0 spiro atoms. The van der Waals surface area contributed by atoms with Crippen molar-refractivity contribution in [1.82, 2.24) is 10.6 Å². The summed E-state index contributed by atoms with van der Waals surface area (Å²) in [6.07, 6.45) is 0. The maximum atomic E-state index is 11.0. The highest BCUT2D eigenvalue weighted by Crippen LogP contribution is 2.34. The summed E-state index contributed by atoms with van der Waals surface area (Å²) in [6, 6.07) is 0.744. The molecule has 12 heavy (non-hydrogen) atoms. The van der Waals surface area contributed by atoms with E-state index < -0.39 is 0 Å². The van der Waals surface area contributed by atoms with Crippen LogP contribution in [0.1, 0.15) is 13.8 Å². The Kier molecular flexibility index (Phi) is 1.94. The second kappa shape index (κ2) is 2.83. The van der Waals surface area contributed by atoms with Crippen LogP contribution in [0.2, 0.25) is 0 Å². The molecule has 2 saturated heterocycles. The fraction of sp³-hybridized carbons (Fsp3) is 0.875. The molecule has 0 aromatic carbocycles. The van der Waals surface area contributed by atoms with Gasteiger partial charge in [-0.05, 0) is 5.92 Å². The molecule has 3 atom stereocenters. The Bertz CT molecular complexity index is 207. The quantitative estimate of drug-likeness (QED) is 0.595. The zero-order valence-electron chi connectivity index (χ0n) is 7.33. The summed E-state index contributed by atoms with van der Waals surface area (Å²) in [4.78, 5) is 11.0. The van der Waals surface area contributed by atoms with Crippen LogP contribution in [0.25, 0.3) is 0 Å². The van der Waals surface area contributed by atoms with E-state index in [1.807, 2.05) is 11.8 Å². The zero-order valence-corrected chi connectivity index (χ0v) is 8.15. The monoisotopic (exact) mass is 186 g/mol. The van der Waals surface area contributed by atoms with Crippen molar-refractivity contribution in [3.8, 4) is 0 Å². The molecule has 0 aromatic rings. The molecule has 0 saturated carbocycles. The molecule has 68 valence electrons. The lowest BCUT2D eigenvalue weighted by molar-refractivity contribution is 0.246. The van der Waals surface area contributed by atoms with E-state index in [0.717, 1.165) is 5.75 Å². The molecule has 2 heterocycles. The minimum atomic E-state index is 0.0101. The van der Waals surface area contributed by atoms with Crippen LogP contribution in [-0.4, -0.2) is 29.1 Å². The molecule has 3 nitrogen and oxygen atoms in total. The molecule has 2 fully saturated rings. The Hall–Kier alpha value is -0.380. The van der Waals surface area contributed by atoms with E-state index in [1.54, 1.807) is 0 Å². The molecule has 2 rings (SSSR count). The first-order chi connectivity index (χ1) is 5.68. The number of hydrogen-bond donors (Lipinski definition) is 2. The summed E-state index contributed by atoms with van der Waals surface area (Å²) in [5, 5.41) is 6.50. The predicted octanol–water partition coefficient (Wildman–Crippen LogP) is 0.808. The van der Waals surface area contributed by atoms with Crippen LogP contribution in [-0.2, 0) is 0 Å². The molecule has 0 radical (unpaired) electrons. The molecular formula is C8H14N2OS. The largest absolute Gasteiger partial charge is 0.332 e. The van der Waals surface area contributed by atoms with E-state index >= 15 is 0 Å². The van der Waals surface area contributed by atoms with E-state index in [4.69, 9.17) is 0 Å². The summed E-state index contributed by atoms with van der Waals surface area (Å²) < 4.78 is 0. The minimum absolute atomic E-state index is 0.0101. The van der Waals surface area contributed by atoms with Crippen molar-refractivity contribution in [2.75, 3.05) is 5.75 Å². The fourth-order valence-electron chi connectivity index (χ4n) is 1.93. The molecule has 2 amide bonds. The van der Waals surface area contributed by atoms with Gasteiger partial charge in [0.1, 0.15) is 0 Å². The zero-order chi connectivity index (χ0) is 8.72. The Balaban J connectivity index is 2.08. The molecule has 0 aromatic heterocycles. The first-order valence-electron chi connectivity index (χ1n) is 4.37. The second-order valence-electron chi connectivity index (χ2n) is 3.79. The van der Waals surface area contributed by atoms with Crippen LogP contribution in [0, 0.1) is 5.92 Å². The average Bonchev–Trinajstić information content (AvgIpc) is 2.43. The van der Waals surface area contributed by atoms with Crippen molar-refractivity contribution in [2.45, 2.75) is 31.2 Å². The van der Waals surface area contributed by atoms with Crippen molar-refractivity contribution < 1.29 is 4.79 Å². The number of thioether (sulfide) groups is 1. The topological polar surface area (TPSA) is 41.1 Å². The van der Waals surface area contributed by atoms with E-state index in [9.17, 15) is 4.79 Å². The Morgan fingerprint density at radius 1 is 1.50 bits per heavy atom. The molecule has 2 aliphatic heterocycles. The van der Waals surface area contributed by atoms with Gasteiger partial charge in [0.25, 0.3) is 0 Å². The van der Waals surface area contributed by atoms with Crippen molar-refractivity contribution in [1.29, 1.82) is 0 Å². The third-order valence-electron chi connectivity index (χ3n) is 2.53. The third kappa shape index (κ3) is 1.18. The van der Waals surface area contributed by atoms with Gasteiger partial charge in [-0.1, -0.05) is 13.8 Å². The summed E-state index contributed by atoms with van der Waals surface area (Å²) in [7, 11) is 0. The van der Waals surface area contributed by atoms with Crippen molar-refractivity contribution in [3.63, 3.8) is 0 Å². The first kappa shape index (κ1) is 8.23. The van der Waals surface area contributed by atoms with E-state index in [-0.39, 0.29) is 6.03 Å². The van der Waals surface area contributed by atoms with Crippen LogP contribution in [0.5, 0.6) is 0 Å². The highest BCUT2D eigenvalue weighted by molar-refractivity contribution is 8.00. The summed E-state index contributed by atoms with van der Waals surface area (Å²) in [5.74, 6) is 1.71. The van der Waals surface area contributed by atoms with Crippen LogP contribution < -0.4 is 10.6 Å². The SMILES string of the molecule is CC(C)C1SC[C@@H]2NC(=O)N[C@H]12. The van der Waals surface area contributed by atoms with Gasteiger partial charge in [-0.3, -0.25) is 0 Å². The van der Waals surface area contributed by atoms with E-state index in [0.29, 0.717) is 23.3 Å². The van der Waals surface area contributed by atoms with Crippen LogP contribution in [0.3, 0.4) is 0 Å². The van der Waals surface area contributed by atoms with E-state index in [2.05, 4.69) is 24.5 Å². The Morgan fingerprint density at radius 3 is 2.92 bits per heavy atom. The highest BCUT2D eigenvalue weighted by atomic mass is 32.2. The molecule has 1 unspecified atom stereocenters. The van der Waals surface area contributed by atoms with Gasteiger partial charge in [-0.15, -0.1) is 0 Å². The lowest BCUT2D eigenvalue weighted by Gasteiger charge is -2.19. The van der Waals surface area contributed by atoms with Gasteiger partial charge in [0.05, 0.1) is 12.1 Å². The van der Waals surface area contributed by atoms with Crippen molar-refractivity contribution in [3.05, 3.63) is 0 Å². The molecule has 4 heteroatoms. The fourth-order valence-corrected chi connectivity index (χ4v) is 3.50. The number of hydrogen-bond acceptors (Lipinski definition) is 2. The van der Waals surface area contributed by atoms with Gasteiger partial charge in [0.2, 0.25) is 0 Å². The second-order valence-corrected chi connectivity index (χ2v) is 5.00. The van der Waals surface area contributed by atoms with Gasteiger partial charge >= 0.3 is 6.03 Å². The Morgan fingerprint density at radius 2 is 2.25 bits per heavy atom. The number of carbonyl (C=O) groups is 1. The number of rotatable bonds is 1. The first-order valence-corrected chi connectivity index (χ1v) is 5.42. The van der Waals surface area contributed by atoms with Crippen molar-refractivity contribution in [2.24, 2.45) is 5.92 Å². The summed E-state index contributed by atoms with van der Waals surface area (Å²) >= 11 is 1.97. The molecular weight excluding hydrogens is 172 g/mol. The van der Waals surface area contributed by atoms with Crippen LogP contribution in [0.4, 0.5) is 4.79 Å². The molecule has 2 aliphatic rings. The molecule has 0 aliphatic carbocycles. The van der Waals surface area contributed by atoms with Gasteiger partial charge in [-0.2, -0.15) is 11.8 Å². The van der Waals surface area contributed by atoms with Crippen molar-refractivity contribution >= 4 is 17.8 Å². The predicted molar refractivity (Wildman–Crippen MR) is 50.3 cm³/mol. The normalized spacial score (nSPS) is 39.6. The maximum absolute atomic E-state index is 11.0. The lowest BCUT2D eigenvalue weighted by Crippen LogP contribution is -2.39. The standard InChI is InChI=1S/C8H14N2OS/c1-4(2)7-6-5(3-12-7)9-8(11)10-6/h4-7H,3H2,1-2H3,(H2,9,10,11)/t5-,6-,7?/m0/s1. The average molecular weight is 186 g/mol. The maximum Gasteiger partial charge on any atom is 0.315 e. The number of urea groups is 1. The van der Waals surface area contributed by atoms with Gasteiger partial charge in [-0.25, -0.2) is 4.79 Å². The molecule has 0 bridgehead atoms. The summed E-state index contributed by atoms with van der Waals surface area (Å²) in [5.41, 5.74) is 0. The third-order valence-corrected chi connectivity index (χ3v) is 4.30. The smallest absolute Gasteiger partial charge is 0.315 e. The van der Waals surface area contributed by atoms with E-state index in [1.165, 1.54) is 0 Å².